The van der Waals surface area contributed by atoms with Gasteiger partial charge in [-0.25, -0.2) is 9.59 Å². The maximum Gasteiger partial charge on any atom is 0.331 e. The molecule has 0 unspecified atom stereocenters. The number of carbonyl (C=O) groups excluding carboxylic acids is 2. The van der Waals surface area contributed by atoms with Crippen molar-refractivity contribution in [2.75, 3.05) is 5.32 Å². The number of aryl methyl sites for hydroxylation is 1. The number of urea groups is 1. The van der Waals surface area contributed by atoms with Crippen molar-refractivity contribution in [2.45, 2.75) is 20.8 Å². The second kappa shape index (κ2) is 6.51. The molecule has 0 aromatic heterocycles. The van der Waals surface area contributed by atoms with Gasteiger partial charge in [-0.15, -0.1) is 0 Å². The van der Waals surface area contributed by atoms with E-state index in [0.717, 1.165) is 5.56 Å². The maximum absolute atomic E-state index is 11.7. The highest BCUT2D eigenvalue weighted by Crippen LogP contribution is 2.08. The third kappa shape index (κ3) is 4.24. The summed E-state index contributed by atoms with van der Waals surface area (Å²) in [5, 5.41) is 13.3. The number of nitrogens with one attached hydrogen (secondary N) is 2. The molecule has 0 spiro atoms. The molecule has 0 saturated heterocycles. The summed E-state index contributed by atoms with van der Waals surface area (Å²) < 4.78 is 0. The minimum atomic E-state index is -1.20. The zero-order chi connectivity index (χ0) is 15.3. The number of anilines is 1. The smallest absolute Gasteiger partial charge is 0.331 e. The Hall–Kier alpha value is -2.63. The second-order valence-corrected chi connectivity index (χ2v) is 4.33. The number of carboxylic acids is 1. The van der Waals surface area contributed by atoms with Crippen LogP contribution in [-0.4, -0.2) is 23.0 Å². The summed E-state index contributed by atoms with van der Waals surface area (Å²) in [6.07, 6.45) is 0. The molecule has 0 heterocycles. The van der Waals surface area contributed by atoms with Crippen molar-refractivity contribution >= 4 is 23.6 Å². The molecule has 6 nitrogen and oxygen atoms in total. The van der Waals surface area contributed by atoms with Crippen LogP contribution in [0, 0.1) is 6.92 Å². The largest absolute Gasteiger partial charge is 0.478 e. The molecule has 3 amide bonds. The molecule has 0 atom stereocenters. The quantitative estimate of drug-likeness (QED) is 0.736. The van der Waals surface area contributed by atoms with E-state index >= 15 is 0 Å². The summed E-state index contributed by atoms with van der Waals surface area (Å²) >= 11 is 0. The number of carbonyl (C=O) groups is 3. The Morgan fingerprint density at radius 3 is 2.05 bits per heavy atom. The zero-order valence-corrected chi connectivity index (χ0v) is 11.5. The summed E-state index contributed by atoms with van der Waals surface area (Å²) in [6, 6.07) is 6.32. The molecule has 1 rings (SSSR count). The van der Waals surface area contributed by atoms with Gasteiger partial charge in [0, 0.05) is 16.8 Å². The van der Waals surface area contributed by atoms with Crippen molar-refractivity contribution < 1.29 is 19.5 Å². The van der Waals surface area contributed by atoms with Crippen LogP contribution < -0.4 is 10.6 Å². The highest BCUT2D eigenvalue weighted by atomic mass is 16.4. The van der Waals surface area contributed by atoms with E-state index in [1.54, 1.807) is 12.1 Å². The van der Waals surface area contributed by atoms with Crippen LogP contribution in [0.1, 0.15) is 19.4 Å². The summed E-state index contributed by atoms with van der Waals surface area (Å²) in [4.78, 5) is 34.0. The van der Waals surface area contributed by atoms with Crippen molar-refractivity contribution in [1.82, 2.24) is 5.32 Å². The molecule has 0 aliphatic heterocycles. The van der Waals surface area contributed by atoms with Gasteiger partial charge in [-0.05, 0) is 32.9 Å². The number of rotatable bonds is 3. The Morgan fingerprint density at radius 2 is 1.55 bits per heavy atom. The normalized spacial score (nSPS) is 11.3. The summed E-state index contributed by atoms with van der Waals surface area (Å²) in [6.45, 7) is 4.56. The zero-order valence-electron chi connectivity index (χ0n) is 11.5. The van der Waals surface area contributed by atoms with Gasteiger partial charge in [0.1, 0.15) is 0 Å². The van der Waals surface area contributed by atoms with E-state index in [-0.39, 0.29) is 11.1 Å². The predicted octanol–water partition coefficient (Wildman–Crippen LogP) is 2.06. The number of hydrogen-bond donors (Lipinski definition) is 3. The van der Waals surface area contributed by atoms with Crippen LogP contribution in [0.2, 0.25) is 0 Å². The molecule has 0 fully saturated rings. The van der Waals surface area contributed by atoms with Gasteiger partial charge >= 0.3 is 12.0 Å². The minimum absolute atomic E-state index is 0.0171. The van der Waals surface area contributed by atoms with Crippen LogP contribution in [-0.2, 0) is 9.59 Å². The van der Waals surface area contributed by atoms with E-state index in [2.05, 4.69) is 10.6 Å². The summed E-state index contributed by atoms with van der Waals surface area (Å²) in [7, 11) is 0. The molecule has 3 N–H and O–H groups in total. The van der Waals surface area contributed by atoms with Gasteiger partial charge in [0.25, 0.3) is 5.91 Å². The lowest BCUT2D eigenvalue weighted by atomic mass is 10.1. The standard InChI is InChI=1S/C14H16N2O4/c1-8-4-6-11(7-5-8)15-14(20)16-12(17)9(2)10(3)13(18)19/h4-7H,1-3H3,(H,18,19)(H2,15,16,17,20). The Balaban J connectivity index is 2.67. The van der Waals surface area contributed by atoms with Crippen molar-refractivity contribution in [3.05, 3.63) is 41.0 Å². The molecule has 0 aliphatic carbocycles. The van der Waals surface area contributed by atoms with E-state index < -0.39 is 17.9 Å². The Labute approximate surface area is 116 Å². The number of amides is 3. The number of hydrogen-bond acceptors (Lipinski definition) is 3. The molecule has 0 bridgehead atoms. The molecule has 0 aliphatic rings. The Morgan fingerprint density at radius 1 is 1.00 bits per heavy atom. The molecule has 20 heavy (non-hydrogen) atoms. The number of imide groups is 1. The topological polar surface area (TPSA) is 95.5 Å². The Bertz CT molecular complexity index is 573. The van der Waals surface area contributed by atoms with E-state index in [9.17, 15) is 14.4 Å². The lowest BCUT2D eigenvalue weighted by Crippen LogP contribution is -2.35. The summed E-state index contributed by atoms with van der Waals surface area (Å²) in [5.74, 6) is -1.94. The van der Waals surface area contributed by atoms with Crippen LogP contribution in [0.4, 0.5) is 10.5 Å². The predicted molar refractivity (Wildman–Crippen MR) is 74.4 cm³/mol. The van der Waals surface area contributed by atoms with Gasteiger partial charge in [-0.1, -0.05) is 17.7 Å². The van der Waals surface area contributed by atoms with Gasteiger partial charge in [0.05, 0.1) is 0 Å². The number of carboxylic acid groups (broad SMARTS) is 1. The fraction of sp³-hybridized carbons (Fsp3) is 0.214. The first-order valence-corrected chi connectivity index (χ1v) is 5.91. The van der Waals surface area contributed by atoms with Gasteiger partial charge in [-0.3, -0.25) is 10.1 Å². The van der Waals surface area contributed by atoms with E-state index in [1.165, 1.54) is 13.8 Å². The van der Waals surface area contributed by atoms with Crippen LogP contribution in [0.5, 0.6) is 0 Å². The first-order valence-electron chi connectivity index (χ1n) is 5.91. The molecule has 106 valence electrons. The number of benzene rings is 1. The molecule has 0 saturated carbocycles. The third-order valence-electron chi connectivity index (χ3n) is 2.76. The Kier molecular flexibility index (Phi) is 5.02. The van der Waals surface area contributed by atoms with Gasteiger partial charge in [-0.2, -0.15) is 0 Å². The van der Waals surface area contributed by atoms with Gasteiger partial charge < -0.3 is 10.4 Å². The molecule has 1 aromatic rings. The van der Waals surface area contributed by atoms with Crippen LogP contribution in [0.25, 0.3) is 0 Å². The summed E-state index contributed by atoms with van der Waals surface area (Å²) in [5.41, 5.74) is 1.46. The minimum Gasteiger partial charge on any atom is -0.478 e. The van der Waals surface area contributed by atoms with Crippen LogP contribution in [0.15, 0.2) is 35.4 Å². The van der Waals surface area contributed by atoms with Crippen molar-refractivity contribution in [2.24, 2.45) is 0 Å². The fourth-order valence-corrected chi connectivity index (χ4v) is 1.33. The van der Waals surface area contributed by atoms with Gasteiger partial charge in [0.15, 0.2) is 0 Å². The fourth-order valence-electron chi connectivity index (χ4n) is 1.33. The molecule has 0 radical (unpaired) electrons. The first-order chi connectivity index (χ1) is 9.31. The number of aliphatic carboxylic acids is 1. The monoisotopic (exact) mass is 276 g/mol. The lowest BCUT2D eigenvalue weighted by molar-refractivity contribution is -0.133. The van der Waals surface area contributed by atoms with Crippen LogP contribution in [0.3, 0.4) is 0 Å². The highest BCUT2D eigenvalue weighted by molar-refractivity contribution is 6.10. The van der Waals surface area contributed by atoms with E-state index in [1.807, 2.05) is 19.1 Å². The first kappa shape index (κ1) is 15.4. The van der Waals surface area contributed by atoms with E-state index in [0.29, 0.717) is 5.69 Å². The third-order valence-corrected chi connectivity index (χ3v) is 2.76. The van der Waals surface area contributed by atoms with Gasteiger partial charge in [0.2, 0.25) is 0 Å². The van der Waals surface area contributed by atoms with Crippen molar-refractivity contribution in [3.63, 3.8) is 0 Å². The lowest BCUT2D eigenvalue weighted by Gasteiger charge is -2.08. The van der Waals surface area contributed by atoms with Crippen LogP contribution >= 0.6 is 0 Å². The van der Waals surface area contributed by atoms with Crippen molar-refractivity contribution in [3.8, 4) is 0 Å². The molecule has 6 heteroatoms. The highest BCUT2D eigenvalue weighted by Gasteiger charge is 2.15. The van der Waals surface area contributed by atoms with Crippen molar-refractivity contribution in [1.29, 1.82) is 0 Å². The maximum atomic E-state index is 11.7. The SMILES string of the molecule is CC(C(=O)O)=C(C)C(=O)NC(=O)Nc1ccc(C)cc1. The molecular weight excluding hydrogens is 260 g/mol. The van der Waals surface area contributed by atoms with E-state index in [4.69, 9.17) is 5.11 Å². The molecule has 1 aromatic carbocycles. The molecular formula is C14H16N2O4. The average Bonchev–Trinajstić information content (AvgIpc) is 2.39. The second-order valence-electron chi connectivity index (χ2n) is 4.33. The average molecular weight is 276 g/mol.